The summed E-state index contributed by atoms with van der Waals surface area (Å²) in [7, 11) is 1.68. The van der Waals surface area contributed by atoms with E-state index in [9.17, 15) is 4.79 Å². The van der Waals surface area contributed by atoms with Gasteiger partial charge in [0.25, 0.3) is 0 Å². The highest BCUT2D eigenvalue weighted by Crippen LogP contribution is 2.24. The van der Waals surface area contributed by atoms with Gasteiger partial charge in [0.2, 0.25) is 5.91 Å². The van der Waals surface area contributed by atoms with Crippen molar-refractivity contribution >= 4 is 21.8 Å². The number of piperazine rings is 1. The van der Waals surface area contributed by atoms with Crippen molar-refractivity contribution in [2.24, 2.45) is 0 Å². The summed E-state index contributed by atoms with van der Waals surface area (Å²) in [5.74, 6) is 1.04. The second-order valence-electron chi connectivity index (χ2n) is 4.74. The molecule has 0 saturated carbocycles. The molecule has 5 heteroatoms. The van der Waals surface area contributed by atoms with Gasteiger partial charge in [-0.2, -0.15) is 0 Å². The summed E-state index contributed by atoms with van der Waals surface area (Å²) < 4.78 is 6.35. The molecule has 1 aromatic carbocycles. The molecule has 0 N–H and O–H groups in total. The van der Waals surface area contributed by atoms with Crippen LogP contribution < -0.4 is 4.74 Å². The molecule has 0 unspecified atom stereocenters. The molecule has 1 heterocycles. The third-order valence-corrected chi connectivity index (χ3v) is 4.24. The van der Waals surface area contributed by atoms with E-state index in [1.807, 2.05) is 17.0 Å². The Morgan fingerprint density at radius 2 is 2.00 bits per heavy atom. The standard InChI is InChI=1S/C14H19BrN2O2/c1-11(18)17-7-5-16(6-8-17)10-12-9-13(19-2)3-4-14(12)15/h3-4,9H,5-8,10H2,1-2H3. The topological polar surface area (TPSA) is 32.8 Å². The predicted octanol–water partition coefficient (Wildman–Crippen LogP) is 2.12. The van der Waals surface area contributed by atoms with Crippen LogP contribution >= 0.6 is 15.9 Å². The molecule has 0 aromatic heterocycles. The Morgan fingerprint density at radius 1 is 1.32 bits per heavy atom. The number of rotatable bonds is 3. The number of hydrogen-bond donors (Lipinski definition) is 0. The first-order chi connectivity index (χ1) is 9.10. The van der Waals surface area contributed by atoms with Crippen molar-refractivity contribution in [2.75, 3.05) is 33.3 Å². The molecular weight excluding hydrogens is 308 g/mol. The lowest BCUT2D eigenvalue weighted by Gasteiger charge is -2.34. The maximum atomic E-state index is 11.3. The van der Waals surface area contributed by atoms with Gasteiger partial charge in [-0.3, -0.25) is 9.69 Å². The highest BCUT2D eigenvalue weighted by Gasteiger charge is 2.19. The van der Waals surface area contributed by atoms with Crippen molar-refractivity contribution in [3.05, 3.63) is 28.2 Å². The van der Waals surface area contributed by atoms with E-state index < -0.39 is 0 Å². The van der Waals surface area contributed by atoms with E-state index in [0.717, 1.165) is 42.9 Å². The fourth-order valence-electron chi connectivity index (χ4n) is 2.26. The summed E-state index contributed by atoms with van der Waals surface area (Å²) in [6.07, 6.45) is 0. The van der Waals surface area contributed by atoms with Crippen LogP contribution in [0, 0.1) is 0 Å². The molecule has 4 nitrogen and oxygen atoms in total. The fourth-order valence-corrected chi connectivity index (χ4v) is 2.63. The minimum atomic E-state index is 0.169. The molecule has 1 aliphatic rings. The molecule has 1 aliphatic heterocycles. The molecule has 1 amide bonds. The first kappa shape index (κ1) is 14.3. The fraction of sp³-hybridized carbons (Fsp3) is 0.500. The number of nitrogens with zero attached hydrogens (tertiary/aromatic N) is 2. The largest absolute Gasteiger partial charge is 0.497 e. The first-order valence-corrected chi connectivity index (χ1v) is 7.19. The van der Waals surface area contributed by atoms with Crippen molar-refractivity contribution in [2.45, 2.75) is 13.5 Å². The molecule has 0 bridgehead atoms. The molecular formula is C14H19BrN2O2. The number of halogens is 1. The summed E-state index contributed by atoms with van der Waals surface area (Å²) in [5.41, 5.74) is 1.22. The molecule has 1 aromatic rings. The summed E-state index contributed by atoms with van der Waals surface area (Å²) in [4.78, 5) is 15.5. The Balaban J connectivity index is 1.97. The van der Waals surface area contributed by atoms with Crippen molar-refractivity contribution in [1.29, 1.82) is 0 Å². The van der Waals surface area contributed by atoms with Gasteiger partial charge >= 0.3 is 0 Å². The maximum absolute atomic E-state index is 11.3. The van der Waals surface area contributed by atoms with Crippen LogP contribution in [0.3, 0.4) is 0 Å². The van der Waals surface area contributed by atoms with Crippen LogP contribution in [0.15, 0.2) is 22.7 Å². The molecule has 2 rings (SSSR count). The zero-order valence-electron chi connectivity index (χ0n) is 11.4. The smallest absolute Gasteiger partial charge is 0.219 e. The Kier molecular flexibility index (Phi) is 4.82. The number of carbonyl (C=O) groups excluding carboxylic acids is 1. The number of methoxy groups -OCH3 is 1. The monoisotopic (exact) mass is 326 g/mol. The van der Waals surface area contributed by atoms with E-state index in [4.69, 9.17) is 4.74 Å². The third kappa shape index (κ3) is 3.70. The SMILES string of the molecule is COc1ccc(Br)c(CN2CCN(C(C)=O)CC2)c1. The van der Waals surface area contributed by atoms with Crippen molar-refractivity contribution in [1.82, 2.24) is 9.80 Å². The van der Waals surface area contributed by atoms with E-state index >= 15 is 0 Å². The molecule has 0 radical (unpaired) electrons. The Labute approximate surface area is 122 Å². The third-order valence-electron chi connectivity index (χ3n) is 3.46. The van der Waals surface area contributed by atoms with Crippen LogP contribution in [0.25, 0.3) is 0 Å². The molecule has 1 fully saturated rings. The lowest BCUT2D eigenvalue weighted by atomic mass is 10.2. The van der Waals surface area contributed by atoms with Crippen LogP contribution in [-0.2, 0) is 11.3 Å². The first-order valence-electron chi connectivity index (χ1n) is 6.40. The van der Waals surface area contributed by atoms with E-state index in [1.54, 1.807) is 14.0 Å². The second kappa shape index (κ2) is 6.39. The molecule has 1 saturated heterocycles. The maximum Gasteiger partial charge on any atom is 0.219 e. The van der Waals surface area contributed by atoms with Crippen LogP contribution in [0.1, 0.15) is 12.5 Å². The van der Waals surface area contributed by atoms with E-state index in [1.165, 1.54) is 5.56 Å². The van der Waals surface area contributed by atoms with Crippen molar-refractivity contribution < 1.29 is 9.53 Å². The zero-order chi connectivity index (χ0) is 13.8. The second-order valence-corrected chi connectivity index (χ2v) is 5.59. The van der Waals surface area contributed by atoms with Crippen LogP contribution in [0.4, 0.5) is 0 Å². The molecule has 0 atom stereocenters. The van der Waals surface area contributed by atoms with Gasteiger partial charge in [-0.05, 0) is 23.8 Å². The summed E-state index contributed by atoms with van der Waals surface area (Å²) >= 11 is 3.57. The van der Waals surface area contributed by atoms with Crippen molar-refractivity contribution in [3.63, 3.8) is 0 Å². The Hall–Kier alpha value is -1.07. The Morgan fingerprint density at radius 3 is 2.58 bits per heavy atom. The van der Waals surface area contributed by atoms with Gasteiger partial charge in [0.05, 0.1) is 7.11 Å². The van der Waals surface area contributed by atoms with E-state index in [-0.39, 0.29) is 5.91 Å². The summed E-state index contributed by atoms with van der Waals surface area (Å²) in [6, 6.07) is 6.02. The minimum absolute atomic E-state index is 0.169. The number of benzene rings is 1. The lowest BCUT2D eigenvalue weighted by molar-refractivity contribution is -0.130. The quantitative estimate of drug-likeness (QED) is 0.853. The predicted molar refractivity (Wildman–Crippen MR) is 78.2 cm³/mol. The van der Waals surface area contributed by atoms with Gasteiger partial charge in [-0.1, -0.05) is 15.9 Å². The van der Waals surface area contributed by atoms with Gasteiger partial charge in [0, 0.05) is 44.1 Å². The Bertz CT molecular complexity index is 457. The average molecular weight is 327 g/mol. The minimum Gasteiger partial charge on any atom is -0.497 e. The van der Waals surface area contributed by atoms with Crippen molar-refractivity contribution in [3.8, 4) is 5.75 Å². The van der Waals surface area contributed by atoms with Gasteiger partial charge in [-0.25, -0.2) is 0 Å². The van der Waals surface area contributed by atoms with Gasteiger partial charge < -0.3 is 9.64 Å². The molecule has 19 heavy (non-hydrogen) atoms. The number of hydrogen-bond acceptors (Lipinski definition) is 3. The normalized spacial score (nSPS) is 16.5. The lowest BCUT2D eigenvalue weighted by Crippen LogP contribution is -2.47. The highest BCUT2D eigenvalue weighted by molar-refractivity contribution is 9.10. The average Bonchev–Trinajstić information content (AvgIpc) is 2.42. The number of amides is 1. The van der Waals surface area contributed by atoms with Crippen LogP contribution in [-0.4, -0.2) is 49.0 Å². The van der Waals surface area contributed by atoms with Crippen LogP contribution in [0.5, 0.6) is 5.75 Å². The van der Waals surface area contributed by atoms with Crippen LogP contribution in [0.2, 0.25) is 0 Å². The molecule has 0 aliphatic carbocycles. The number of carbonyl (C=O) groups is 1. The van der Waals surface area contributed by atoms with E-state index in [2.05, 4.69) is 26.9 Å². The molecule has 104 valence electrons. The zero-order valence-corrected chi connectivity index (χ0v) is 12.9. The highest BCUT2D eigenvalue weighted by atomic mass is 79.9. The number of ether oxygens (including phenoxy) is 1. The summed E-state index contributed by atoms with van der Waals surface area (Å²) in [6.45, 7) is 5.98. The molecule has 0 spiro atoms. The van der Waals surface area contributed by atoms with Gasteiger partial charge in [0.15, 0.2) is 0 Å². The van der Waals surface area contributed by atoms with Gasteiger partial charge in [-0.15, -0.1) is 0 Å². The van der Waals surface area contributed by atoms with E-state index in [0.29, 0.717) is 0 Å². The summed E-state index contributed by atoms with van der Waals surface area (Å²) in [5, 5.41) is 0. The van der Waals surface area contributed by atoms with Gasteiger partial charge in [0.1, 0.15) is 5.75 Å².